The number of benzene rings is 1. The molecule has 0 aliphatic heterocycles. The Hall–Kier alpha value is -3.21. The smallest absolute Gasteiger partial charge is 0.429 e. The Bertz CT molecular complexity index is 999. The molecule has 30 heavy (non-hydrogen) atoms. The summed E-state index contributed by atoms with van der Waals surface area (Å²) in [6.07, 6.45) is -3.16. The van der Waals surface area contributed by atoms with Gasteiger partial charge in [-0.2, -0.15) is 13.2 Å². The van der Waals surface area contributed by atoms with E-state index in [2.05, 4.69) is 42.4 Å². The summed E-state index contributed by atoms with van der Waals surface area (Å²) in [5.41, 5.74) is 1.67. The SMILES string of the molecule is C[C@@H](Nc1ncc(-c2cncc(C(OC=S)C(F)(F)F)c2)nn1)c1ccc(F)cc1. The Labute approximate surface area is 174 Å². The zero-order chi connectivity index (χ0) is 21.7. The van der Waals surface area contributed by atoms with E-state index < -0.39 is 12.3 Å². The van der Waals surface area contributed by atoms with Crippen molar-refractivity contribution in [3.8, 4) is 11.3 Å². The van der Waals surface area contributed by atoms with E-state index in [4.69, 9.17) is 0 Å². The first kappa shape index (κ1) is 21.5. The summed E-state index contributed by atoms with van der Waals surface area (Å²) < 4.78 is 57.1. The van der Waals surface area contributed by atoms with Crippen LogP contribution in [0.5, 0.6) is 0 Å². The second-order valence-corrected chi connectivity index (χ2v) is 6.44. The fraction of sp³-hybridized carbons (Fsp3) is 0.211. The first-order chi connectivity index (χ1) is 14.3. The molecule has 3 aromatic rings. The molecule has 2 atom stereocenters. The lowest BCUT2D eigenvalue weighted by atomic mass is 10.1. The summed E-state index contributed by atoms with van der Waals surface area (Å²) in [6.45, 7) is 1.84. The van der Waals surface area contributed by atoms with Gasteiger partial charge in [-0.3, -0.25) is 4.98 Å². The number of hydrogen-bond donors (Lipinski definition) is 1. The molecular weight excluding hydrogens is 422 g/mol. The van der Waals surface area contributed by atoms with E-state index in [0.29, 0.717) is 5.55 Å². The van der Waals surface area contributed by atoms with Gasteiger partial charge in [0.15, 0.2) is 0 Å². The number of nitrogens with one attached hydrogen (secondary N) is 1. The van der Waals surface area contributed by atoms with Crippen LogP contribution in [0.4, 0.5) is 23.5 Å². The van der Waals surface area contributed by atoms with Gasteiger partial charge in [0.2, 0.25) is 12.1 Å². The van der Waals surface area contributed by atoms with Gasteiger partial charge in [0.25, 0.3) is 0 Å². The molecule has 1 N–H and O–H groups in total. The van der Waals surface area contributed by atoms with Crippen LogP contribution < -0.4 is 5.32 Å². The molecule has 0 aliphatic rings. The number of alkyl halides is 3. The number of pyridine rings is 1. The van der Waals surface area contributed by atoms with E-state index in [0.717, 1.165) is 11.8 Å². The second-order valence-electron chi connectivity index (χ2n) is 6.25. The molecule has 11 heteroatoms. The monoisotopic (exact) mass is 437 g/mol. The highest BCUT2D eigenvalue weighted by Crippen LogP contribution is 2.36. The maximum Gasteiger partial charge on any atom is 0.429 e. The van der Waals surface area contributed by atoms with Crippen molar-refractivity contribution in [1.82, 2.24) is 20.2 Å². The van der Waals surface area contributed by atoms with Crippen molar-refractivity contribution in [2.24, 2.45) is 0 Å². The molecule has 2 heterocycles. The first-order valence-corrected chi connectivity index (χ1v) is 9.08. The molecule has 0 aliphatic carbocycles. The minimum atomic E-state index is -4.66. The van der Waals surface area contributed by atoms with Crippen LogP contribution in [0.15, 0.2) is 48.9 Å². The van der Waals surface area contributed by atoms with Crippen LogP contribution in [0.1, 0.15) is 30.2 Å². The maximum atomic E-state index is 13.2. The number of hydrogen-bond acceptors (Lipinski definition) is 7. The van der Waals surface area contributed by atoms with Gasteiger partial charge in [0, 0.05) is 23.5 Å². The van der Waals surface area contributed by atoms with E-state index in [1.54, 1.807) is 12.1 Å². The highest BCUT2D eigenvalue weighted by Gasteiger charge is 2.43. The topological polar surface area (TPSA) is 72.8 Å². The number of nitrogens with zero attached hydrogens (tertiary/aromatic N) is 4. The van der Waals surface area contributed by atoms with Crippen LogP contribution >= 0.6 is 12.2 Å². The lowest BCUT2D eigenvalue weighted by Gasteiger charge is -2.19. The van der Waals surface area contributed by atoms with Gasteiger partial charge < -0.3 is 10.1 Å². The first-order valence-electron chi connectivity index (χ1n) is 8.61. The van der Waals surface area contributed by atoms with Crippen molar-refractivity contribution in [3.05, 3.63) is 65.9 Å². The van der Waals surface area contributed by atoms with Gasteiger partial charge >= 0.3 is 6.18 Å². The van der Waals surface area contributed by atoms with Gasteiger partial charge in [-0.05, 0) is 42.9 Å². The Morgan fingerprint density at radius 2 is 1.80 bits per heavy atom. The van der Waals surface area contributed by atoms with Gasteiger partial charge in [0.05, 0.1) is 12.2 Å². The normalized spacial score (nSPS) is 13.4. The number of rotatable bonds is 7. The van der Waals surface area contributed by atoms with E-state index in [-0.39, 0.29) is 34.6 Å². The van der Waals surface area contributed by atoms with Crippen molar-refractivity contribution in [3.63, 3.8) is 0 Å². The summed E-state index contributed by atoms with van der Waals surface area (Å²) in [5, 5.41) is 11.0. The lowest BCUT2D eigenvalue weighted by Crippen LogP contribution is -2.23. The second kappa shape index (κ2) is 9.08. The zero-order valence-corrected chi connectivity index (χ0v) is 16.3. The van der Waals surface area contributed by atoms with E-state index >= 15 is 0 Å². The number of thiocarbonyl (C=S) groups is 1. The quantitative estimate of drug-likeness (QED) is 0.420. The third-order valence-electron chi connectivity index (χ3n) is 4.12. The van der Waals surface area contributed by atoms with Gasteiger partial charge in [-0.15, -0.1) is 10.2 Å². The Morgan fingerprint density at radius 3 is 2.40 bits per heavy atom. The van der Waals surface area contributed by atoms with Crippen LogP contribution in [0.25, 0.3) is 11.3 Å². The number of aromatic nitrogens is 4. The molecule has 0 spiro atoms. The molecule has 0 radical (unpaired) electrons. The largest absolute Gasteiger partial charge is 0.472 e. The summed E-state index contributed by atoms with van der Waals surface area (Å²) >= 11 is 4.39. The lowest BCUT2D eigenvalue weighted by molar-refractivity contribution is -0.199. The van der Waals surface area contributed by atoms with Crippen LogP contribution in [0, 0.1) is 5.82 Å². The Balaban J connectivity index is 1.77. The Morgan fingerprint density at radius 1 is 1.07 bits per heavy atom. The molecule has 2 aromatic heterocycles. The van der Waals surface area contributed by atoms with E-state index in [1.807, 2.05) is 6.92 Å². The molecule has 1 aromatic carbocycles. The van der Waals surface area contributed by atoms with Crippen molar-refractivity contribution < 1.29 is 22.3 Å². The molecular formula is C19H15F4N5OS. The van der Waals surface area contributed by atoms with Crippen molar-refractivity contribution in [1.29, 1.82) is 0 Å². The molecule has 0 saturated carbocycles. The summed E-state index contributed by atoms with van der Waals surface area (Å²) in [4.78, 5) is 7.96. The fourth-order valence-electron chi connectivity index (χ4n) is 2.64. The minimum absolute atomic E-state index is 0.205. The zero-order valence-electron chi connectivity index (χ0n) is 15.5. The molecule has 0 saturated heterocycles. The minimum Gasteiger partial charge on any atom is -0.472 e. The summed E-state index contributed by atoms with van der Waals surface area (Å²) in [6, 6.07) is 6.97. The molecule has 3 rings (SSSR count). The standard InChI is InChI=1S/C19H15F4N5OS/c1-11(12-2-4-15(20)5-3-12)26-18-25-9-16(27-28-18)13-6-14(8-24-7-13)17(29-10-30)19(21,22)23/h2-11,17H,1H3,(H,25,26,28)/t11-,17?/m1/s1. The van der Waals surface area contributed by atoms with Gasteiger partial charge in [-0.25, -0.2) is 9.37 Å². The third-order valence-corrected chi connectivity index (χ3v) is 4.24. The average molecular weight is 437 g/mol. The number of halogens is 4. The van der Waals surface area contributed by atoms with Gasteiger partial charge in [-0.1, -0.05) is 12.1 Å². The predicted octanol–water partition coefficient (Wildman–Crippen LogP) is 4.82. The third kappa shape index (κ3) is 5.23. The number of ether oxygens (including phenoxy) is 1. The molecule has 156 valence electrons. The van der Waals surface area contributed by atoms with Crippen molar-refractivity contribution >= 4 is 23.7 Å². The fourth-order valence-corrected chi connectivity index (χ4v) is 2.75. The van der Waals surface area contributed by atoms with Crippen LogP contribution in [0.2, 0.25) is 0 Å². The summed E-state index contributed by atoms with van der Waals surface area (Å²) in [7, 11) is 0. The molecule has 1 unspecified atom stereocenters. The van der Waals surface area contributed by atoms with Crippen molar-refractivity contribution in [2.45, 2.75) is 25.2 Å². The van der Waals surface area contributed by atoms with Crippen molar-refractivity contribution in [2.75, 3.05) is 5.32 Å². The molecule has 0 bridgehead atoms. The van der Waals surface area contributed by atoms with Crippen LogP contribution in [-0.2, 0) is 4.74 Å². The average Bonchev–Trinajstić information content (AvgIpc) is 2.72. The molecule has 0 fully saturated rings. The van der Waals surface area contributed by atoms with E-state index in [1.165, 1.54) is 30.6 Å². The number of anilines is 1. The maximum absolute atomic E-state index is 13.2. The predicted molar refractivity (Wildman–Crippen MR) is 105 cm³/mol. The van der Waals surface area contributed by atoms with E-state index in [9.17, 15) is 17.6 Å². The molecule has 6 nitrogen and oxygen atoms in total. The Kier molecular flexibility index (Phi) is 6.50. The van der Waals surface area contributed by atoms with Gasteiger partial charge in [0.1, 0.15) is 17.1 Å². The highest BCUT2D eigenvalue weighted by molar-refractivity contribution is 7.78. The highest BCUT2D eigenvalue weighted by atomic mass is 32.1. The van der Waals surface area contributed by atoms with Crippen LogP contribution in [0.3, 0.4) is 0 Å². The summed E-state index contributed by atoms with van der Waals surface area (Å²) in [5.74, 6) is -0.135. The van der Waals surface area contributed by atoms with Crippen LogP contribution in [-0.4, -0.2) is 31.9 Å². The molecule has 0 amide bonds.